The number of amides is 1. The summed E-state index contributed by atoms with van der Waals surface area (Å²) >= 11 is 0. The molecule has 0 aliphatic carbocycles. The van der Waals surface area contributed by atoms with E-state index in [1.165, 1.54) is 11.0 Å². The van der Waals surface area contributed by atoms with Crippen molar-refractivity contribution in [3.63, 3.8) is 0 Å². The van der Waals surface area contributed by atoms with Gasteiger partial charge in [0.15, 0.2) is 0 Å². The molecular weight excluding hydrogens is 211 g/mol. The van der Waals surface area contributed by atoms with Crippen LogP contribution in [0.15, 0.2) is 24.3 Å². The lowest BCUT2D eigenvalue weighted by Gasteiger charge is -2.12. The third-order valence-electron chi connectivity index (χ3n) is 2.53. The number of cyclic esters (lactones) is 1. The van der Waals surface area contributed by atoms with Gasteiger partial charge in [-0.25, -0.2) is 9.18 Å². The lowest BCUT2D eigenvalue weighted by molar-refractivity contribution is 0.134. The number of halogens is 1. The molecule has 2 N–H and O–H groups in total. The first kappa shape index (κ1) is 10.9. The van der Waals surface area contributed by atoms with Crippen molar-refractivity contribution >= 4 is 6.09 Å². The molecule has 1 saturated heterocycles. The van der Waals surface area contributed by atoms with Crippen molar-refractivity contribution in [2.24, 2.45) is 5.73 Å². The van der Waals surface area contributed by atoms with Crippen molar-refractivity contribution in [3.8, 4) is 0 Å². The molecule has 1 amide bonds. The van der Waals surface area contributed by atoms with E-state index >= 15 is 0 Å². The van der Waals surface area contributed by atoms with Crippen LogP contribution < -0.4 is 5.73 Å². The Morgan fingerprint density at radius 3 is 2.88 bits per heavy atom. The number of hydrogen-bond acceptors (Lipinski definition) is 3. The molecule has 1 aromatic rings. The Bertz CT molecular complexity index is 397. The zero-order chi connectivity index (χ0) is 11.5. The number of hydrogen-bond donors (Lipinski definition) is 1. The molecule has 1 aliphatic heterocycles. The first-order chi connectivity index (χ1) is 7.70. The molecule has 1 fully saturated rings. The van der Waals surface area contributed by atoms with Gasteiger partial charge >= 0.3 is 6.09 Å². The van der Waals surface area contributed by atoms with Crippen LogP contribution in [0.4, 0.5) is 9.18 Å². The summed E-state index contributed by atoms with van der Waals surface area (Å²) in [5.74, 6) is -0.313. The van der Waals surface area contributed by atoms with Gasteiger partial charge in [-0.2, -0.15) is 0 Å². The maximum atomic E-state index is 13.3. The summed E-state index contributed by atoms with van der Waals surface area (Å²) in [6.45, 7) is 0.936. The molecule has 86 valence electrons. The summed E-state index contributed by atoms with van der Waals surface area (Å²) in [5.41, 5.74) is 5.89. The van der Waals surface area contributed by atoms with Gasteiger partial charge in [0, 0.05) is 12.1 Å². The van der Waals surface area contributed by atoms with Crippen LogP contribution >= 0.6 is 0 Å². The number of carbonyl (C=O) groups is 1. The number of nitrogens with zero attached hydrogens (tertiary/aromatic N) is 1. The smallest absolute Gasteiger partial charge is 0.410 e. The molecule has 2 rings (SSSR count). The molecule has 0 spiro atoms. The van der Waals surface area contributed by atoms with Gasteiger partial charge in [-0.3, -0.25) is 0 Å². The predicted molar refractivity (Wildman–Crippen MR) is 56.1 cm³/mol. The van der Waals surface area contributed by atoms with Crippen LogP contribution in [-0.4, -0.2) is 30.2 Å². The molecule has 1 heterocycles. The van der Waals surface area contributed by atoms with Crippen molar-refractivity contribution < 1.29 is 13.9 Å². The lowest BCUT2D eigenvalue weighted by atomic mass is 10.2. The van der Waals surface area contributed by atoms with Gasteiger partial charge in [-0.05, 0) is 6.07 Å². The van der Waals surface area contributed by atoms with E-state index in [1.54, 1.807) is 18.2 Å². The SMILES string of the molecule is NC[C@H]1CN(Cc2ccccc2F)C(=O)O1. The second kappa shape index (κ2) is 4.49. The second-order valence-electron chi connectivity index (χ2n) is 3.71. The molecule has 4 nitrogen and oxygen atoms in total. The van der Waals surface area contributed by atoms with Crippen LogP contribution in [0, 0.1) is 5.82 Å². The zero-order valence-electron chi connectivity index (χ0n) is 8.73. The average molecular weight is 224 g/mol. The summed E-state index contributed by atoms with van der Waals surface area (Å²) in [6, 6.07) is 6.37. The predicted octanol–water partition coefficient (Wildman–Crippen LogP) is 1.11. The Hall–Kier alpha value is -1.62. The average Bonchev–Trinajstić information content (AvgIpc) is 2.63. The Kier molecular flexibility index (Phi) is 3.05. The Morgan fingerprint density at radius 2 is 2.25 bits per heavy atom. The van der Waals surface area contributed by atoms with Crippen molar-refractivity contribution in [2.75, 3.05) is 13.1 Å². The van der Waals surface area contributed by atoms with Crippen molar-refractivity contribution in [1.29, 1.82) is 0 Å². The highest BCUT2D eigenvalue weighted by Gasteiger charge is 2.30. The third kappa shape index (κ3) is 2.14. The van der Waals surface area contributed by atoms with Gasteiger partial charge in [-0.15, -0.1) is 0 Å². The fourth-order valence-corrected chi connectivity index (χ4v) is 1.66. The van der Waals surface area contributed by atoms with E-state index in [2.05, 4.69) is 0 Å². The molecule has 0 unspecified atom stereocenters. The van der Waals surface area contributed by atoms with Crippen molar-refractivity contribution in [2.45, 2.75) is 12.6 Å². The Morgan fingerprint density at radius 1 is 1.50 bits per heavy atom. The number of ether oxygens (including phenoxy) is 1. The zero-order valence-corrected chi connectivity index (χ0v) is 8.73. The van der Waals surface area contributed by atoms with Gasteiger partial charge in [0.25, 0.3) is 0 Å². The molecule has 0 aromatic heterocycles. The van der Waals surface area contributed by atoms with E-state index < -0.39 is 6.09 Å². The van der Waals surface area contributed by atoms with E-state index in [0.717, 1.165) is 0 Å². The number of carbonyl (C=O) groups excluding carboxylic acids is 1. The summed E-state index contributed by atoms with van der Waals surface area (Å²) in [5, 5.41) is 0. The topological polar surface area (TPSA) is 55.6 Å². The molecular formula is C11H13FN2O2. The third-order valence-corrected chi connectivity index (χ3v) is 2.53. The van der Waals surface area contributed by atoms with Crippen molar-refractivity contribution in [1.82, 2.24) is 4.90 Å². The van der Waals surface area contributed by atoms with Crippen LogP contribution in [0.1, 0.15) is 5.56 Å². The van der Waals surface area contributed by atoms with Gasteiger partial charge in [0.2, 0.25) is 0 Å². The number of rotatable bonds is 3. The van der Waals surface area contributed by atoms with E-state index in [-0.39, 0.29) is 18.5 Å². The quantitative estimate of drug-likeness (QED) is 0.836. The van der Waals surface area contributed by atoms with E-state index in [0.29, 0.717) is 18.7 Å². The van der Waals surface area contributed by atoms with Crippen molar-refractivity contribution in [3.05, 3.63) is 35.6 Å². The normalized spacial score (nSPS) is 20.0. The minimum Gasteiger partial charge on any atom is -0.443 e. The largest absolute Gasteiger partial charge is 0.443 e. The fraction of sp³-hybridized carbons (Fsp3) is 0.364. The maximum Gasteiger partial charge on any atom is 0.410 e. The number of benzene rings is 1. The van der Waals surface area contributed by atoms with Gasteiger partial charge in [0.1, 0.15) is 11.9 Å². The van der Waals surface area contributed by atoms with Gasteiger partial charge < -0.3 is 15.4 Å². The number of nitrogens with two attached hydrogens (primary N) is 1. The molecule has 5 heteroatoms. The van der Waals surface area contributed by atoms with E-state index in [4.69, 9.17) is 10.5 Å². The van der Waals surface area contributed by atoms with E-state index in [1.807, 2.05) is 0 Å². The molecule has 1 aliphatic rings. The first-order valence-corrected chi connectivity index (χ1v) is 5.09. The van der Waals surface area contributed by atoms with Gasteiger partial charge in [-0.1, -0.05) is 18.2 Å². The Labute approximate surface area is 92.8 Å². The summed E-state index contributed by atoms with van der Waals surface area (Å²) in [4.78, 5) is 12.8. The Balaban J connectivity index is 2.06. The highest BCUT2D eigenvalue weighted by molar-refractivity contribution is 5.69. The molecule has 0 radical (unpaired) electrons. The monoisotopic (exact) mass is 224 g/mol. The molecule has 0 bridgehead atoms. The molecule has 0 saturated carbocycles. The van der Waals surface area contributed by atoms with E-state index in [9.17, 15) is 9.18 Å². The highest BCUT2D eigenvalue weighted by Crippen LogP contribution is 2.16. The van der Waals surface area contributed by atoms with Crippen LogP contribution in [0.5, 0.6) is 0 Å². The lowest BCUT2D eigenvalue weighted by Crippen LogP contribution is -2.27. The highest BCUT2D eigenvalue weighted by atomic mass is 19.1. The first-order valence-electron chi connectivity index (χ1n) is 5.09. The van der Waals surface area contributed by atoms with Crippen LogP contribution in [-0.2, 0) is 11.3 Å². The summed E-state index contributed by atoms with van der Waals surface area (Å²) in [7, 11) is 0. The van der Waals surface area contributed by atoms with Crippen LogP contribution in [0.3, 0.4) is 0 Å². The molecule has 16 heavy (non-hydrogen) atoms. The summed E-state index contributed by atoms with van der Waals surface area (Å²) < 4.78 is 18.3. The standard InChI is InChI=1S/C11H13FN2O2/c12-10-4-2-1-3-8(10)6-14-7-9(5-13)16-11(14)15/h1-4,9H,5-7,13H2/t9-/m0/s1. The summed E-state index contributed by atoms with van der Waals surface area (Å²) in [6.07, 6.45) is -0.710. The fourth-order valence-electron chi connectivity index (χ4n) is 1.66. The molecule has 1 atom stereocenters. The van der Waals surface area contributed by atoms with Gasteiger partial charge in [0.05, 0.1) is 13.1 Å². The minimum absolute atomic E-state index is 0.224. The molecule has 1 aromatic carbocycles. The van der Waals surface area contributed by atoms with Crippen LogP contribution in [0.2, 0.25) is 0 Å². The van der Waals surface area contributed by atoms with Crippen LogP contribution in [0.25, 0.3) is 0 Å². The minimum atomic E-state index is -0.432. The maximum absolute atomic E-state index is 13.3. The second-order valence-corrected chi connectivity index (χ2v) is 3.71.